The van der Waals surface area contributed by atoms with E-state index in [-0.39, 0.29) is 17.4 Å². The monoisotopic (exact) mass is 259 g/mol. The summed E-state index contributed by atoms with van der Waals surface area (Å²) >= 11 is 5.73. The van der Waals surface area contributed by atoms with E-state index >= 15 is 0 Å². The SMILES string of the molecule is CCCN(CCO)c1cc([N+](=O)[O-])cc(Cl)n1. The molecule has 0 amide bonds. The molecule has 0 spiro atoms. The molecule has 0 atom stereocenters. The summed E-state index contributed by atoms with van der Waals surface area (Å²) in [4.78, 5) is 16.0. The second kappa shape index (κ2) is 6.36. The first-order chi connectivity index (χ1) is 8.08. The van der Waals surface area contributed by atoms with Crippen molar-refractivity contribution in [3.63, 3.8) is 0 Å². The van der Waals surface area contributed by atoms with Crippen molar-refractivity contribution in [2.45, 2.75) is 13.3 Å². The predicted octanol–water partition coefficient (Wildman–Crippen LogP) is 1.85. The maximum absolute atomic E-state index is 10.7. The lowest BCUT2D eigenvalue weighted by atomic mass is 10.3. The van der Waals surface area contributed by atoms with E-state index in [1.54, 1.807) is 4.90 Å². The highest BCUT2D eigenvalue weighted by Crippen LogP contribution is 2.23. The molecule has 0 aliphatic heterocycles. The van der Waals surface area contributed by atoms with Crippen LogP contribution in [0.4, 0.5) is 11.5 Å². The first-order valence-corrected chi connectivity index (χ1v) is 5.64. The van der Waals surface area contributed by atoms with Gasteiger partial charge in [0.15, 0.2) is 0 Å². The average Bonchev–Trinajstić information content (AvgIpc) is 2.28. The lowest BCUT2D eigenvalue weighted by Crippen LogP contribution is -2.28. The predicted molar refractivity (Wildman–Crippen MR) is 65.5 cm³/mol. The fraction of sp³-hybridized carbons (Fsp3) is 0.500. The van der Waals surface area contributed by atoms with Gasteiger partial charge in [0.2, 0.25) is 0 Å². The molecule has 0 aliphatic rings. The van der Waals surface area contributed by atoms with Gasteiger partial charge in [-0.15, -0.1) is 0 Å². The summed E-state index contributed by atoms with van der Waals surface area (Å²) < 4.78 is 0. The Bertz CT molecular complexity index is 394. The maximum Gasteiger partial charge on any atom is 0.276 e. The second-order valence-corrected chi connectivity index (χ2v) is 3.86. The minimum Gasteiger partial charge on any atom is -0.395 e. The molecular formula is C10H14ClN3O3. The quantitative estimate of drug-likeness (QED) is 0.479. The van der Waals surface area contributed by atoms with Gasteiger partial charge in [-0.3, -0.25) is 10.1 Å². The normalized spacial score (nSPS) is 10.3. The molecule has 0 fully saturated rings. The molecule has 1 aromatic heterocycles. The Balaban J connectivity index is 3.04. The Morgan fingerprint density at radius 2 is 2.24 bits per heavy atom. The molecule has 6 nitrogen and oxygen atoms in total. The van der Waals surface area contributed by atoms with E-state index in [9.17, 15) is 10.1 Å². The number of rotatable bonds is 6. The zero-order chi connectivity index (χ0) is 12.8. The van der Waals surface area contributed by atoms with Crippen LogP contribution in [0.5, 0.6) is 0 Å². The van der Waals surface area contributed by atoms with E-state index < -0.39 is 4.92 Å². The van der Waals surface area contributed by atoms with Gasteiger partial charge in [0.25, 0.3) is 5.69 Å². The van der Waals surface area contributed by atoms with Crippen LogP contribution in [0.25, 0.3) is 0 Å². The van der Waals surface area contributed by atoms with Gasteiger partial charge < -0.3 is 10.0 Å². The van der Waals surface area contributed by atoms with E-state index in [1.165, 1.54) is 12.1 Å². The first kappa shape index (κ1) is 13.7. The molecule has 0 aromatic carbocycles. The Morgan fingerprint density at radius 3 is 2.76 bits per heavy atom. The molecule has 1 heterocycles. The van der Waals surface area contributed by atoms with E-state index in [2.05, 4.69) is 4.98 Å². The lowest BCUT2D eigenvalue weighted by molar-refractivity contribution is -0.384. The van der Waals surface area contributed by atoms with Crippen molar-refractivity contribution in [1.82, 2.24) is 4.98 Å². The fourth-order valence-electron chi connectivity index (χ4n) is 1.47. The molecule has 7 heteroatoms. The number of nitrogens with zero attached hydrogens (tertiary/aromatic N) is 3. The molecule has 1 N–H and O–H groups in total. The van der Waals surface area contributed by atoms with Crippen molar-refractivity contribution in [2.24, 2.45) is 0 Å². The van der Waals surface area contributed by atoms with Crippen molar-refractivity contribution in [2.75, 3.05) is 24.6 Å². The van der Waals surface area contributed by atoms with Crippen LogP contribution in [-0.2, 0) is 0 Å². The zero-order valence-corrected chi connectivity index (χ0v) is 10.2. The molecule has 0 radical (unpaired) electrons. The van der Waals surface area contributed by atoms with Crippen molar-refractivity contribution in [1.29, 1.82) is 0 Å². The summed E-state index contributed by atoms with van der Waals surface area (Å²) in [5.74, 6) is 0.417. The number of aromatic nitrogens is 1. The molecule has 94 valence electrons. The third-order valence-corrected chi connectivity index (χ3v) is 2.36. The standard InChI is InChI=1S/C10H14ClN3O3/c1-2-3-13(4-5-15)10-7-8(14(16)17)6-9(11)12-10/h6-7,15H,2-5H2,1H3. The van der Waals surface area contributed by atoms with Crippen LogP contribution in [0.2, 0.25) is 5.15 Å². The van der Waals surface area contributed by atoms with E-state index in [1.807, 2.05) is 6.92 Å². The number of pyridine rings is 1. The summed E-state index contributed by atoms with van der Waals surface area (Å²) in [5.41, 5.74) is -0.0981. The molecule has 0 bridgehead atoms. The van der Waals surface area contributed by atoms with Crippen LogP contribution in [0.1, 0.15) is 13.3 Å². The van der Waals surface area contributed by atoms with Crippen LogP contribution >= 0.6 is 11.6 Å². The van der Waals surface area contributed by atoms with Gasteiger partial charge in [0.05, 0.1) is 23.7 Å². The highest BCUT2D eigenvalue weighted by Gasteiger charge is 2.14. The summed E-state index contributed by atoms with van der Waals surface area (Å²) in [6.45, 7) is 2.97. The summed E-state index contributed by atoms with van der Waals surface area (Å²) in [6.07, 6.45) is 0.849. The third kappa shape index (κ3) is 3.83. The van der Waals surface area contributed by atoms with Crippen molar-refractivity contribution in [3.05, 3.63) is 27.4 Å². The Morgan fingerprint density at radius 1 is 1.53 bits per heavy atom. The topological polar surface area (TPSA) is 79.5 Å². The summed E-state index contributed by atoms with van der Waals surface area (Å²) in [7, 11) is 0. The molecule has 17 heavy (non-hydrogen) atoms. The number of hydrogen-bond acceptors (Lipinski definition) is 5. The number of hydrogen-bond donors (Lipinski definition) is 1. The van der Waals surface area contributed by atoms with Gasteiger partial charge in [0.1, 0.15) is 11.0 Å². The minimum atomic E-state index is -0.514. The van der Waals surface area contributed by atoms with Gasteiger partial charge in [0, 0.05) is 13.1 Å². The number of aliphatic hydroxyl groups excluding tert-OH is 1. The van der Waals surface area contributed by atoms with Gasteiger partial charge in [-0.25, -0.2) is 4.98 Å². The molecule has 0 aliphatic carbocycles. The van der Waals surface area contributed by atoms with Crippen LogP contribution in [0.3, 0.4) is 0 Å². The second-order valence-electron chi connectivity index (χ2n) is 3.47. The molecular weight excluding hydrogens is 246 g/mol. The largest absolute Gasteiger partial charge is 0.395 e. The third-order valence-electron chi connectivity index (χ3n) is 2.16. The van der Waals surface area contributed by atoms with Gasteiger partial charge >= 0.3 is 0 Å². The zero-order valence-electron chi connectivity index (χ0n) is 9.47. The van der Waals surface area contributed by atoms with Crippen LogP contribution in [-0.4, -0.2) is 34.7 Å². The van der Waals surface area contributed by atoms with E-state index in [4.69, 9.17) is 16.7 Å². The van der Waals surface area contributed by atoms with Crippen molar-refractivity contribution < 1.29 is 10.0 Å². The van der Waals surface area contributed by atoms with Gasteiger partial charge in [-0.05, 0) is 6.42 Å². The van der Waals surface area contributed by atoms with Crippen LogP contribution in [0.15, 0.2) is 12.1 Å². The molecule has 0 saturated carbocycles. The van der Waals surface area contributed by atoms with Crippen molar-refractivity contribution >= 4 is 23.1 Å². The Labute approximate surface area is 104 Å². The number of nitro groups is 1. The fourth-order valence-corrected chi connectivity index (χ4v) is 1.67. The molecule has 1 aromatic rings. The molecule has 1 rings (SSSR count). The summed E-state index contributed by atoms with van der Waals surface area (Å²) in [5, 5.41) is 19.7. The summed E-state index contributed by atoms with van der Waals surface area (Å²) in [6, 6.07) is 2.56. The molecule has 0 saturated heterocycles. The van der Waals surface area contributed by atoms with E-state index in [0.717, 1.165) is 6.42 Å². The highest BCUT2D eigenvalue weighted by molar-refractivity contribution is 6.29. The smallest absolute Gasteiger partial charge is 0.276 e. The number of anilines is 1. The Kier molecular flexibility index (Phi) is 5.11. The van der Waals surface area contributed by atoms with Gasteiger partial charge in [-0.2, -0.15) is 0 Å². The maximum atomic E-state index is 10.7. The number of halogens is 1. The highest BCUT2D eigenvalue weighted by atomic mass is 35.5. The average molecular weight is 260 g/mol. The lowest BCUT2D eigenvalue weighted by Gasteiger charge is -2.21. The van der Waals surface area contributed by atoms with Crippen molar-refractivity contribution in [3.8, 4) is 0 Å². The number of aliphatic hydroxyl groups is 1. The Hall–Kier alpha value is -1.40. The first-order valence-electron chi connectivity index (χ1n) is 5.26. The minimum absolute atomic E-state index is 0.0397. The van der Waals surface area contributed by atoms with Crippen LogP contribution in [0, 0.1) is 10.1 Å². The van der Waals surface area contributed by atoms with Gasteiger partial charge in [-0.1, -0.05) is 18.5 Å². The molecule has 0 unspecified atom stereocenters. The van der Waals surface area contributed by atoms with E-state index in [0.29, 0.717) is 18.9 Å². The van der Waals surface area contributed by atoms with Crippen LogP contribution < -0.4 is 4.90 Å².